The van der Waals surface area contributed by atoms with Gasteiger partial charge in [0.05, 0.1) is 29.5 Å². The molecule has 7 aliphatic rings. The molecule has 0 aromatic heterocycles. The Kier molecular flexibility index (Phi) is 5.66. The maximum Gasteiger partial charge on any atom is 0.331 e. The maximum atomic E-state index is 13.1. The van der Waals surface area contributed by atoms with Gasteiger partial charge in [-0.3, -0.25) is 0 Å². The van der Waals surface area contributed by atoms with E-state index >= 15 is 0 Å². The lowest BCUT2D eigenvalue weighted by Crippen LogP contribution is -2.71. The fraction of sp³-hybridized carbons (Fsp3) is 0.862. The predicted octanol–water partition coefficient (Wildman–Crippen LogP) is 1.12. The first-order valence-electron chi connectivity index (χ1n) is 14.6. The number of rotatable bonds is 2. The van der Waals surface area contributed by atoms with E-state index in [1.807, 2.05) is 13.8 Å². The second-order valence-corrected chi connectivity index (χ2v) is 13.7. The SMILES string of the molecule is C[C@@H]1C[C@@H](O)[C@]2(O)O[C@@H]3C[C@@]4(C=O)C(CC[C@@H]5C4CC[C@]4(C)[C@@](O)(C6=CC(=O)OC6)CC[C@]54O)C[C@H]3OC2O1. The molecule has 10 heteroatoms. The van der Waals surface area contributed by atoms with Crippen LogP contribution in [-0.2, 0) is 28.5 Å². The smallest absolute Gasteiger partial charge is 0.331 e. The molecule has 0 aromatic carbocycles. The van der Waals surface area contributed by atoms with Crippen molar-refractivity contribution in [2.45, 2.75) is 119 Å². The topological polar surface area (TPSA) is 152 Å². The first kappa shape index (κ1) is 26.5. The molecule has 0 radical (unpaired) electrons. The van der Waals surface area contributed by atoms with Crippen molar-refractivity contribution in [2.24, 2.45) is 28.6 Å². The zero-order valence-corrected chi connectivity index (χ0v) is 22.6. The van der Waals surface area contributed by atoms with Crippen molar-refractivity contribution in [1.29, 1.82) is 0 Å². The van der Waals surface area contributed by atoms with E-state index in [1.54, 1.807) is 0 Å². The van der Waals surface area contributed by atoms with E-state index in [0.29, 0.717) is 44.1 Å². The molecule has 0 amide bonds. The van der Waals surface area contributed by atoms with Gasteiger partial charge in [0.15, 0.2) is 0 Å². The van der Waals surface area contributed by atoms with Crippen LogP contribution in [0.25, 0.3) is 0 Å². The Hall–Kier alpha value is -1.40. The van der Waals surface area contributed by atoms with Gasteiger partial charge in [-0.2, -0.15) is 0 Å². The van der Waals surface area contributed by atoms with Gasteiger partial charge < -0.3 is 44.2 Å². The lowest BCUT2D eigenvalue weighted by molar-refractivity contribution is -0.457. The van der Waals surface area contributed by atoms with E-state index in [4.69, 9.17) is 18.9 Å². The zero-order valence-electron chi connectivity index (χ0n) is 22.6. The molecule has 6 fully saturated rings. The number of carbonyl (C=O) groups is 2. The van der Waals surface area contributed by atoms with Gasteiger partial charge in [0.25, 0.3) is 0 Å². The summed E-state index contributed by atoms with van der Waals surface area (Å²) in [5, 5.41) is 46.4. The highest BCUT2D eigenvalue weighted by molar-refractivity contribution is 5.86. The van der Waals surface area contributed by atoms with Crippen molar-refractivity contribution in [3.63, 3.8) is 0 Å². The molecule has 3 unspecified atom stereocenters. The third kappa shape index (κ3) is 3.22. The summed E-state index contributed by atoms with van der Waals surface area (Å²) in [4.78, 5) is 25.0. The standard InChI is InChI=1S/C29H40O10/c1-15-9-22(31)29(35)24(37-15)38-20-10-16-3-4-19-18(26(16,14-30)12-21(20)39-29)5-6-25(2)27(33,7-8-28(19,25)34)17-11-23(32)36-13-17/h11,14-16,18-22,24,31,33-35H,3-10,12-13H2,1-2H3/t15-,16?,18?,19-,20-,21-,22-,24?,25-,26-,27+,28+,29+/m1/s1. The number of aliphatic hydroxyl groups is 4. The summed E-state index contributed by atoms with van der Waals surface area (Å²) in [5.74, 6) is -2.79. The van der Waals surface area contributed by atoms with Crippen molar-refractivity contribution in [3.05, 3.63) is 11.6 Å². The summed E-state index contributed by atoms with van der Waals surface area (Å²) in [7, 11) is 0. The Morgan fingerprint density at radius 2 is 1.79 bits per heavy atom. The van der Waals surface area contributed by atoms with Gasteiger partial charge in [0.2, 0.25) is 12.1 Å². The van der Waals surface area contributed by atoms with Crippen LogP contribution in [0.2, 0.25) is 0 Å². The molecule has 216 valence electrons. The molecule has 3 aliphatic heterocycles. The van der Waals surface area contributed by atoms with Gasteiger partial charge >= 0.3 is 5.97 Å². The van der Waals surface area contributed by atoms with Crippen LogP contribution in [0.1, 0.15) is 71.6 Å². The van der Waals surface area contributed by atoms with Gasteiger partial charge in [-0.15, -0.1) is 0 Å². The summed E-state index contributed by atoms with van der Waals surface area (Å²) in [6.45, 7) is 3.78. The molecule has 0 spiro atoms. The van der Waals surface area contributed by atoms with Crippen LogP contribution in [-0.4, -0.2) is 87.0 Å². The number of aldehydes is 1. The highest BCUT2D eigenvalue weighted by atomic mass is 16.8. The molecular formula is C29H40O10. The van der Waals surface area contributed by atoms with Crippen LogP contribution in [0.3, 0.4) is 0 Å². The van der Waals surface area contributed by atoms with E-state index in [-0.39, 0.29) is 43.0 Å². The minimum atomic E-state index is -2.00. The third-order valence-corrected chi connectivity index (χ3v) is 12.3. The quantitative estimate of drug-likeness (QED) is 0.224. The van der Waals surface area contributed by atoms with Gasteiger partial charge in [0, 0.05) is 28.9 Å². The Labute approximate surface area is 227 Å². The van der Waals surface area contributed by atoms with Crippen LogP contribution in [0, 0.1) is 28.6 Å². The molecule has 3 heterocycles. The van der Waals surface area contributed by atoms with Gasteiger partial charge in [-0.1, -0.05) is 6.92 Å². The average Bonchev–Trinajstić information content (AvgIpc) is 3.42. The Balaban J connectivity index is 1.20. The molecule has 4 N–H and O–H groups in total. The Bertz CT molecular complexity index is 1110. The molecule has 0 bridgehead atoms. The van der Waals surface area contributed by atoms with Crippen LogP contribution < -0.4 is 0 Å². The highest BCUT2D eigenvalue weighted by Gasteiger charge is 2.74. The fourth-order valence-electron chi connectivity index (χ4n) is 10.2. The van der Waals surface area contributed by atoms with Gasteiger partial charge in [-0.05, 0) is 76.0 Å². The summed E-state index contributed by atoms with van der Waals surface area (Å²) in [6.07, 6.45) is 3.29. The summed E-state index contributed by atoms with van der Waals surface area (Å²) in [6, 6.07) is 0. The van der Waals surface area contributed by atoms with Crippen molar-refractivity contribution < 1.29 is 49.0 Å². The lowest BCUT2D eigenvalue weighted by atomic mass is 9.42. The summed E-state index contributed by atoms with van der Waals surface area (Å²) in [5.41, 5.74) is -3.71. The highest BCUT2D eigenvalue weighted by Crippen LogP contribution is 2.71. The van der Waals surface area contributed by atoms with Gasteiger partial charge in [0.1, 0.15) is 19.0 Å². The minimum absolute atomic E-state index is 0.0232. The number of hydrogen-bond acceptors (Lipinski definition) is 10. The third-order valence-electron chi connectivity index (χ3n) is 12.3. The van der Waals surface area contributed by atoms with Crippen molar-refractivity contribution in [2.75, 3.05) is 6.61 Å². The van der Waals surface area contributed by atoms with E-state index in [0.717, 1.165) is 19.1 Å². The second-order valence-electron chi connectivity index (χ2n) is 13.7. The monoisotopic (exact) mass is 548 g/mol. The van der Waals surface area contributed by atoms with Crippen LogP contribution in [0.5, 0.6) is 0 Å². The average molecular weight is 549 g/mol. The fourth-order valence-corrected chi connectivity index (χ4v) is 10.2. The van der Waals surface area contributed by atoms with Crippen molar-refractivity contribution in [3.8, 4) is 0 Å². The van der Waals surface area contributed by atoms with E-state index in [9.17, 15) is 30.0 Å². The Morgan fingerprint density at radius 3 is 2.51 bits per heavy atom. The number of cyclic esters (lactones) is 1. The van der Waals surface area contributed by atoms with E-state index in [2.05, 4.69) is 0 Å². The van der Waals surface area contributed by atoms with Crippen molar-refractivity contribution >= 4 is 12.3 Å². The zero-order chi connectivity index (χ0) is 27.6. The number of aliphatic hydroxyl groups excluding tert-OH is 1. The van der Waals surface area contributed by atoms with E-state index in [1.165, 1.54) is 6.08 Å². The number of esters is 1. The first-order chi connectivity index (χ1) is 18.4. The first-order valence-corrected chi connectivity index (χ1v) is 14.6. The number of carbonyl (C=O) groups excluding carboxylic acids is 2. The number of ether oxygens (including phenoxy) is 4. The number of fused-ring (bicyclic) bond motifs is 7. The molecule has 0 aromatic rings. The largest absolute Gasteiger partial charge is 0.458 e. The van der Waals surface area contributed by atoms with E-state index < -0.39 is 52.3 Å². The lowest BCUT2D eigenvalue weighted by Gasteiger charge is -2.65. The minimum Gasteiger partial charge on any atom is -0.458 e. The van der Waals surface area contributed by atoms with Gasteiger partial charge in [-0.25, -0.2) is 4.79 Å². The van der Waals surface area contributed by atoms with Crippen LogP contribution in [0.15, 0.2) is 11.6 Å². The molecular weight excluding hydrogens is 508 g/mol. The molecule has 4 aliphatic carbocycles. The maximum absolute atomic E-state index is 13.1. The Morgan fingerprint density at radius 1 is 1.00 bits per heavy atom. The van der Waals surface area contributed by atoms with Crippen LogP contribution >= 0.6 is 0 Å². The molecule has 2 saturated heterocycles. The predicted molar refractivity (Wildman–Crippen MR) is 133 cm³/mol. The summed E-state index contributed by atoms with van der Waals surface area (Å²) >= 11 is 0. The normalized spacial score (nSPS) is 58.2. The molecule has 7 rings (SSSR count). The number of hydrogen-bond donors (Lipinski definition) is 4. The molecule has 10 nitrogen and oxygen atoms in total. The van der Waals surface area contributed by atoms with Crippen LogP contribution in [0.4, 0.5) is 0 Å². The van der Waals surface area contributed by atoms with Crippen molar-refractivity contribution in [1.82, 2.24) is 0 Å². The summed E-state index contributed by atoms with van der Waals surface area (Å²) < 4.78 is 23.3. The molecule has 4 saturated carbocycles. The second kappa shape index (κ2) is 8.33. The molecule has 39 heavy (non-hydrogen) atoms. The molecule has 13 atom stereocenters.